The molecule has 0 atom stereocenters. The number of carbonyl (C=O) groups is 1. The normalized spacial score (nSPS) is 11.3. The standard InChI is InChI=1S/C27H15Cl4N3O3S/c28-15-1-6-24-22(12-15)33-26(37-24)20-13-18(2-5-21(20)31)32-27(38)34-25(35)8-4-19-3-7-23(36-19)14-9-16(29)11-17(30)10-14/h1-13H,(H2,32,34,35,38)/b8-4+. The Kier molecular flexibility index (Phi) is 7.74. The first-order valence-corrected chi connectivity index (χ1v) is 12.9. The molecule has 0 bridgehead atoms. The first-order valence-electron chi connectivity index (χ1n) is 11.0. The van der Waals surface area contributed by atoms with Gasteiger partial charge in [-0.05, 0) is 85.0 Å². The highest BCUT2D eigenvalue weighted by Gasteiger charge is 2.14. The maximum absolute atomic E-state index is 12.4. The van der Waals surface area contributed by atoms with Gasteiger partial charge in [-0.3, -0.25) is 10.1 Å². The van der Waals surface area contributed by atoms with E-state index in [1.165, 1.54) is 12.2 Å². The molecule has 0 aliphatic rings. The molecule has 0 unspecified atom stereocenters. The molecular formula is C27H15Cl4N3O3S. The molecule has 1 amide bonds. The van der Waals surface area contributed by atoms with Crippen LogP contribution in [0.4, 0.5) is 5.69 Å². The molecule has 0 radical (unpaired) electrons. The van der Waals surface area contributed by atoms with E-state index in [2.05, 4.69) is 15.6 Å². The van der Waals surface area contributed by atoms with E-state index in [0.29, 0.717) is 59.9 Å². The van der Waals surface area contributed by atoms with Crippen molar-refractivity contribution in [3.8, 4) is 22.8 Å². The van der Waals surface area contributed by atoms with Crippen molar-refractivity contribution in [2.24, 2.45) is 0 Å². The maximum atomic E-state index is 12.4. The molecule has 11 heteroatoms. The lowest BCUT2D eigenvalue weighted by Crippen LogP contribution is -2.32. The van der Waals surface area contributed by atoms with Gasteiger partial charge in [-0.2, -0.15) is 0 Å². The lowest BCUT2D eigenvalue weighted by atomic mass is 10.2. The molecule has 0 fully saturated rings. The zero-order valence-corrected chi connectivity index (χ0v) is 22.9. The highest BCUT2D eigenvalue weighted by atomic mass is 35.5. The number of benzene rings is 3. The summed E-state index contributed by atoms with van der Waals surface area (Å²) in [7, 11) is 0. The van der Waals surface area contributed by atoms with Crippen LogP contribution in [-0.2, 0) is 4.79 Å². The summed E-state index contributed by atoms with van der Waals surface area (Å²) in [4.78, 5) is 16.9. The Morgan fingerprint density at radius 3 is 2.45 bits per heavy atom. The Morgan fingerprint density at radius 2 is 1.66 bits per heavy atom. The summed E-state index contributed by atoms with van der Waals surface area (Å²) in [5.41, 5.74) is 3.04. The number of halogens is 4. The molecule has 3 aromatic carbocycles. The van der Waals surface area contributed by atoms with Crippen LogP contribution < -0.4 is 10.6 Å². The number of aromatic nitrogens is 1. The third-order valence-corrected chi connectivity index (χ3v) is 6.42. The van der Waals surface area contributed by atoms with Crippen LogP contribution in [0.2, 0.25) is 20.1 Å². The highest BCUT2D eigenvalue weighted by molar-refractivity contribution is 7.80. The molecule has 5 rings (SSSR count). The Bertz CT molecular complexity index is 1710. The summed E-state index contributed by atoms with van der Waals surface area (Å²) in [6.45, 7) is 0. The molecule has 5 aromatic rings. The first kappa shape index (κ1) is 26.3. The highest BCUT2D eigenvalue weighted by Crippen LogP contribution is 2.33. The van der Waals surface area contributed by atoms with Crippen molar-refractivity contribution in [1.29, 1.82) is 0 Å². The number of thiocarbonyl (C=S) groups is 1. The van der Waals surface area contributed by atoms with Gasteiger partial charge < -0.3 is 14.2 Å². The van der Waals surface area contributed by atoms with E-state index < -0.39 is 5.91 Å². The molecule has 0 spiro atoms. The van der Waals surface area contributed by atoms with E-state index in [9.17, 15) is 4.79 Å². The number of oxazole rings is 1. The minimum atomic E-state index is -0.448. The van der Waals surface area contributed by atoms with Crippen molar-refractivity contribution < 1.29 is 13.6 Å². The summed E-state index contributed by atoms with van der Waals surface area (Å²) in [5, 5.41) is 7.60. The van der Waals surface area contributed by atoms with Gasteiger partial charge in [0.25, 0.3) is 0 Å². The number of fused-ring (bicyclic) bond motifs is 1. The van der Waals surface area contributed by atoms with Crippen molar-refractivity contribution in [1.82, 2.24) is 10.3 Å². The predicted molar refractivity (Wildman–Crippen MR) is 157 cm³/mol. The molecule has 0 saturated carbocycles. The zero-order chi connectivity index (χ0) is 26.8. The fourth-order valence-electron chi connectivity index (χ4n) is 3.55. The van der Waals surface area contributed by atoms with Gasteiger partial charge in [0.05, 0.1) is 10.6 Å². The second-order valence-corrected chi connectivity index (χ2v) is 10.1. The minimum absolute atomic E-state index is 0.0889. The number of nitrogens with zero attached hydrogens (tertiary/aromatic N) is 1. The molecular weight excluding hydrogens is 588 g/mol. The van der Waals surface area contributed by atoms with Crippen molar-refractivity contribution in [3.05, 3.63) is 98.7 Å². The van der Waals surface area contributed by atoms with Gasteiger partial charge in [0.2, 0.25) is 11.8 Å². The Morgan fingerprint density at radius 1 is 0.868 bits per heavy atom. The number of rotatable bonds is 5. The van der Waals surface area contributed by atoms with Gasteiger partial charge in [-0.1, -0.05) is 46.4 Å². The first-order chi connectivity index (χ1) is 18.2. The lowest BCUT2D eigenvalue weighted by molar-refractivity contribution is -0.115. The van der Waals surface area contributed by atoms with Crippen molar-refractivity contribution >= 4 is 92.5 Å². The monoisotopic (exact) mass is 601 g/mol. The van der Waals surface area contributed by atoms with Crippen LogP contribution in [0.25, 0.3) is 40.0 Å². The van der Waals surface area contributed by atoms with Crippen LogP contribution in [0.1, 0.15) is 5.76 Å². The van der Waals surface area contributed by atoms with Crippen LogP contribution in [0.3, 0.4) is 0 Å². The summed E-state index contributed by atoms with van der Waals surface area (Å²) in [5.74, 6) is 0.905. The average Bonchev–Trinajstić information content (AvgIpc) is 3.50. The molecule has 0 aliphatic carbocycles. The van der Waals surface area contributed by atoms with Gasteiger partial charge >= 0.3 is 0 Å². The van der Waals surface area contributed by atoms with Crippen molar-refractivity contribution in [3.63, 3.8) is 0 Å². The second kappa shape index (κ2) is 11.2. The van der Waals surface area contributed by atoms with Gasteiger partial charge in [-0.15, -0.1) is 0 Å². The van der Waals surface area contributed by atoms with E-state index in [1.54, 1.807) is 66.7 Å². The van der Waals surface area contributed by atoms with Crippen LogP contribution in [0.15, 0.2) is 81.6 Å². The fourth-order valence-corrected chi connectivity index (χ4v) is 4.66. The van der Waals surface area contributed by atoms with Crippen LogP contribution in [-0.4, -0.2) is 16.0 Å². The van der Waals surface area contributed by atoms with Crippen molar-refractivity contribution in [2.75, 3.05) is 5.32 Å². The average molecular weight is 603 g/mol. The quantitative estimate of drug-likeness (QED) is 0.154. The second-order valence-electron chi connectivity index (χ2n) is 7.96. The molecule has 2 N–H and O–H groups in total. The van der Waals surface area contributed by atoms with Crippen LogP contribution >= 0.6 is 58.6 Å². The topological polar surface area (TPSA) is 80.3 Å². The summed E-state index contributed by atoms with van der Waals surface area (Å²) in [6, 6.07) is 18.8. The Labute approximate surface area is 242 Å². The smallest absolute Gasteiger partial charge is 0.250 e. The third-order valence-electron chi connectivity index (χ3n) is 5.21. The molecule has 2 heterocycles. The Hall–Kier alpha value is -3.33. The van der Waals surface area contributed by atoms with Gasteiger partial charge in [0.15, 0.2) is 10.7 Å². The molecule has 6 nitrogen and oxygen atoms in total. The predicted octanol–water partition coefficient (Wildman–Crippen LogP) is 8.89. The lowest BCUT2D eigenvalue weighted by Gasteiger charge is -2.09. The number of hydrogen-bond donors (Lipinski definition) is 2. The SMILES string of the molecule is O=C(/C=C/c1ccc(-c2cc(Cl)cc(Cl)c2)o1)NC(=S)Nc1ccc(Cl)c(-c2nc3cc(Cl)ccc3o2)c1. The van der Waals surface area contributed by atoms with Crippen LogP contribution in [0.5, 0.6) is 0 Å². The largest absolute Gasteiger partial charge is 0.457 e. The maximum Gasteiger partial charge on any atom is 0.250 e. The molecule has 190 valence electrons. The van der Waals surface area contributed by atoms with E-state index in [4.69, 9.17) is 67.5 Å². The molecule has 2 aromatic heterocycles. The summed E-state index contributed by atoms with van der Waals surface area (Å²) >= 11 is 29.8. The van der Waals surface area contributed by atoms with Gasteiger partial charge in [-0.25, -0.2) is 4.98 Å². The molecule has 0 saturated heterocycles. The number of hydrogen-bond acceptors (Lipinski definition) is 5. The third kappa shape index (κ3) is 6.20. The molecule has 38 heavy (non-hydrogen) atoms. The number of nitrogens with one attached hydrogen (secondary N) is 2. The summed E-state index contributed by atoms with van der Waals surface area (Å²) < 4.78 is 11.6. The molecule has 0 aliphatic heterocycles. The number of anilines is 1. The van der Waals surface area contributed by atoms with E-state index >= 15 is 0 Å². The Balaban J connectivity index is 1.23. The minimum Gasteiger partial charge on any atom is -0.457 e. The van der Waals surface area contributed by atoms with Crippen molar-refractivity contribution in [2.45, 2.75) is 0 Å². The van der Waals surface area contributed by atoms with Crippen LogP contribution in [0, 0.1) is 0 Å². The summed E-state index contributed by atoms with van der Waals surface area (Å²) in [6.07, 6.45) is 2.83. The number of furan rings is 1. The van der Waals surface area contributed by atoms with E-state index in [0.717, 1.165) is 5.56 Å². The fraction of sp³-hybridized carbons (Fsp3) is 0. The zero-order valence-electron chi connectivity index (χ0n) is 19.1. The van der Waals surface area contributed by atoms with E-state index in [1.807, 2.05) is 0 Å². The number of carbonyl (C=O) groups excluding carboxylic acids is 1. The van der Waals surface area contributed by atoms with Gasteiger partial charge in [0, 0.05) is 32.4 Å². The van der Waals surface area contributed by atoms with E-state index in [-0.39, 0.29) is 5.11 Å². The number of amides is 1. The van der Waals surface area contributed by atoms with Gasteiger partial charge in [0.1, 0.15) is 17.0 Å².